The molecule has 0 aromatic heterocycles. The van der Waals surface area contributed by atoms with E-state index in [2.05, 4.69) is 18.8 Å². The fraction of sp³-hybridized carbons (Fsp3) is 0.875. The monoisotopic (exact) mass is 157 g/mol. The molecule has 1 rings (SSSR count). The third-order valence-electron chi connectivity index (χ3n) is 2.61. The van der Waals surface area contributed by atoms with Gasteiger partial charge in [0, 0.05) is 0 Å². The van der Waals surface area contributed by atoms with E-state index in [0.29, 0.717) is 5.92 Å². The Morgan fingerprint density at radius 1 is 1.64 bits per heavy atom. The molecule has 11 heavy (non-hydrogen) atoms. The molecule has 0 aromatic carbocycles. The van der Waals surface area contributed by atoms with Crippen molar-refractivity contribution in [3.05, 3.63) is 0 Å². The van der Waals surface area contributed by atoms with Crippen LogP contribution in [-0.2, 0) is 4.74 Å². The zero-order valence-corrected chi connectivity index (χ0v) is 7.46. The number of aliphatic imine (C=N–C) groups is 1. The van der Waals surface area contributed by atoms with Crippen LogP contribution in [0.15, 0.2) is 4.99 Å². The van der Waals surface area contributed by atoms with Gasteiger partial charge in [-0.2, -0.15) is 0 Å². The van der Waals surface area contributed by atoms with E-state index in [9.17, 15) is 0 Å². The highest BCUT2D eigenvalue weighted by Gasteiger charge is 2.41. The van der Waals surface area contributed by atoms with Crippen LogP contribution in [0, 0.1) is 5.92 Å². The van der Waals surface area contributed by atoms with Gasteiger partial charge >= 0.3 is 6.08 Å². The lowest BCUT2D eigenvalue weighted by Gasteiger charge is -2.27. The number of aliphatic hydroxyl groups excluding tert-OH is 1. The molecular formula is C8H15NO2. The van der Waals surface area contributed by atoms with Crippen molar-refractivity contribution in [3.63, 3.8) is 0 Å². The van der Waals surface area contributed by atoms with Gasteiger partial charge in [-0.15, -0.1) is 0 Å². The molecule has 0 amide bonds. The molecule has 0 saturated carbocycles. The fourth-order valence-corrected chi connectivity index (χ4v) is 1.20. The first kappa shape index (κ1) is 8.37. The highest BCUT2D eigenvalue weighted by molar-refractivity contribution is 5.67. The minimum Gasteiger partial charge on any atom is -0.466 e. The summed E-state index contributed by atoms with van der Waals surface area (Å²) in [5.41, 5.74) is -0.260. The lowest BCUT2D eigenvalue weighted by atomic mass is 9.85. The smallest absolute Gasteiger partial charge is 0.381 e. The van der Waals surface area contributed by atoms with Crippen LogP contribution in [-0.4, -0.2) is 22.8 Å². The van der Waals surface area contributed by atoms with Gasteiger partial charge in [0.05, 0.1) is 0 Å². The van der Waals surface area contributed by atoms with E-state index in [-0.39, 0.29) is 17.7 Å². The van der Waals surface area contributed by atoms with E-state index in [4.69, 9.17) is 9.84 Å². The van der Waals surface area contributed by atoms with Gasteiger partial charge in [0.2, 0.25) is 0 Å². The van der Waals surface area contributed by atoms with Crippen molar-refractivity contribution >= 4 is 6.08 Å². The van der Waals surface area contributed by atoms with Crippen LogP contribution in [0.25, 0.3) is 0 Å². The van der Waals surface area contributed by atoms with Crippen molar-refractivity contribution in [1.82, 2.24) is 0 Å². The summed E-state index contributed by atoms with van der Waals surface area (Å²) >= 11 is 0. The lowest BCUT2D eigenvalue weighted by molar-refractivity contribution is 0.113. The van der Waals surface area contributed by atoms with Crippen molar-refractivity contribution in [3.8, 4) is 0 Å². The lowest BCUT2D eigenvalue weighted by Crippen LogP contribution is -2.37. The van der Waals surface area contributed by atoms with Gasteiger partial charge in [-0.3, -0.25) is 0 Å². The minimum absolute atomic E-state index is 0.0255. The molecule has 64 valence electrons. The summed E-state index contributed by atoms with van der Waals surface area (Å²) in [6.07, 6.45) is -0.198. The summed E-state index contributed by atoms with van der Waals surface area (Å²) in [6, 6.07) is 0. The Bertz CT molecular complexity index is 189. The Kier molecular flexibility index (Phi) is 1.82. The summed E-state index contributed by atoms with van der Waals surface area (Å²) in [5, 5.41) is 9.01. The van der Waals surface area contributed by atoms with Crippen LogP contribution >= 0.6 is 0 Å². The number of nitrogens with zero attached hydrogens (tertiary/aromatic N) is 1. The van der Waals surface area contributed by atoms with Gasteiger partial charge in [-0.1, -0.05) is 13.8 Å². The molecule has 0 aliphatic carbocycles. The largest absolute Gasteiger partial charge is 0.466 e. The van der Waals surface area contributed by atoms with Crippen molar-refractivity contribution in [2.75, 3.05) is 0 Å². The first-order chi connectivity index (χ1) is 4.97. The van der Waals surface area contributed by atoms with E-state index >= 15 is 0 Å². The molecule has 3 heteroatoms. The molecule has 1 N–H and O–H groups in total. The Hall–Kier alpha value is -0.730. The summed E-state index contributed by atoms with van der Waals surface area (Å²) in [4.78, 5) is 4.05. The number of rotatable bonds is 1. The summed E-state index contributed by atoms with van der Waals surface area (Å²) in [6.45, 7) is 8.06. The first-order valence-corrected chi connectivity index (χ1v) is 3.92. The quantitative estimate of drug-likeness (QED) is 0.629. The van der Waals surface area contributed by atoms with E-state index < -0.39 is 0 Å². The maximum Gasteiger partial charge on any atom is 0.381 e. The third kappa shape index (κ3) is 1.19. The van der Waals surface area contributed by atoms with Crippen molar-refractivity contribution < 1.29 is 9.84 Å². The standard InChI is InChI=1S/C8H15NO2/c1-5(2)8(4)6(3)11-7(10)9-8/h5-6H,1-4H3,(H,9,10)/t6?,8-/m1/s1. The van der Waals surface area contributed by atoms with Gasteiger partial charge in [0.1, 0.15) is 11.6 Å². The average molecular weight is 157 g/mol. The molecule has 0 spiro atoms. The van der Waals surface area contributed by atoms with Crippen molar-refractivity contribution in [2.45, 2.75) is 39.3 Å². The molecule has 2 atom stereocenters. The third-order valence-corrected chi connectivity index (χ3v) is 2.61. The second kappa shape index (κ2) is 2.40. The Morgan fingerprint density at radius 2 is 2.18 bits per heavy atom. The minimum atomic E-state index is -0.260. The SMILES string of the molecule is CC(C)[C@@]1(C)N=C(O)OC1C. The molecule has 1 aliphatic rings. The highest BCUT2D eigenvalue weighted by atomic mass is 16.6. The molecule has 0 aromatic rings. The molecule has 0 saturated heterocycles. The molecule has 3 nitrogen and oxygen atoms in total. The van der Waals surface area contributed by atoms with Crippen LogP contribution in [0.3, 0.4) is 0 Å². The second-order valence-electron chi connectivity index (χ2n) is 3.53. The predicted molar refractivity (Wildman–Crippen MR) is 43.9 cm³/mol. The van der Waals surface area contributed by atoms with E-state index in [0.717, 1.165) is 0 Å². The molecule has 1 unspecified atom stereocenters. The first-order valence-electron chi connectivity index (χ1n) is 3.92. The van der Waals surface area contributed by atoms with Crippen LogP contribution in [0.1, 0.15) is 27.7 Å². The fourth-order valence-electron chi connectivity index (χ4n) is 1.20. The normalized spacial score (nSPS) is 37.2. The van der Waals surface area contributed by atoms with Gasteiger partial charge in [-0.05, 0) is 19.8 Å². The van der Waals surface area contributed by atoms with Gasteiger partial charge in [-0.25, -0.2) is 4.99 Å². The van der Waals surface area contributed by atoms with Crippen molar-refractivity contribution in [2.24, 2.45) is 10.9 Å². The van der Waals surface area contributed by atoms with Crippen LogP contribution in [0.5, 0.6) is 0 Å². The van der Waals surface area contributed by atoms with E-state index in [1.165, 1.54) is 0 Å². The zero-order chi connectivity index (χ0) is 8.65. The number of aliphatic hydroxyl groups is 1. The Balaban J connectivity index is 2.85. The van der Waals surface area contributed by atoms with Gasteiger partial charge in [0.15, 0.2) is 0 Å². The molecule has 1 aliphatic heterocycles. The second-order valence-corrected chi connectivity index (χ2v) is 3.53. The number of hydrogen-bond donors (Lipinski definition) is 1. The Labute approximate surface area is 67.1 Å². The van der Waals surface area contributed by atoms with E-state index in [1.54, 1.807) is 0 Å². The highest BCUT2D eigenvalue weighted by Crippen LogP contribution is 2.31. The maximum atomic E-state index is 9.01. The van der Waals surface area contributed by atoms with Gasteiger partial charge < -0.3 is 9.84 Å². The topological polar surface area (TPSA) is 41.8 Å². The molecule has 0 fully saturated rings. The number of hydrogen-bond acceptors (Lipinski definition) is 2. The maximum absolute atomic E-state index is 9.01. The van der Waals surface area contributed by atoms with Gasteiger partial charge in [0.25, 0.3) is 0 Å². The average Bonchev–Trinajstić information content (AvgIpc) is 2.08. The van der Waals surface area contributed by atoms with Crippen LogP contribution < -0.4 is 0 Å². The van der Waals surface area contributed by atoms with Crippen LogP contribution in [0.2, 0.25) is 0 Å². The van der Waals surface area contributed by atoms with Crippen molar-refractivity contribution in [1.29, 1.82) is 0 Å². The predicted octanol–water partition coefficient (Wildman–Crippen LogP) is 1.73. The molecule has 0 bridgehead atoms. The molecule has 1 heterocycles. The zero-order valence-electron chi connectivity index (χ0n) is 7.46. The number of ether oxygens (including phenoxy) is 1. The van der Waals surface area contributed by atoms with Crippen LogP contribution in [0.4, 0.5) is 0 Å². The summed E-state index contributed by atoms with van der Waals surface area (Å²) in [7, 11) is 0. The Morgan fingerprint density at radius 3 is 2.36 bits per heavy atom. The molecule has 0 radical (unpaired) electrons. The summed E-state index contributed by atoms with van der Waals surface area (Å²) in [5.74, 6) is 0.377. The summed E-state index contributed by atoms with van der Waals surface area (Å²) < 4.78 is 5.04. The van der Waals surface area contributed by atoms with E-state index in [1.807, 2.05) is 13.8 Å². The molecular weight excluding hydrogens is 142 g/mol.